The molecular formula is C17H21ClF2N2O. The van der Waals surface area contributed by atoms with Crippen molar-refractivity contribution >= 4 is 18.3 Å². The van der Waals surface area contributed by atoms with E-state index >= 15 is 0 Å². The smallest absolute Gasteiger partial charge is 0.223 e. The summed E-state index contributed by atoms with van der Waals surface area (Å²) in [6, 6.07) is 5.48. The molecule has 1 amide bonds. The molecule has 0 aromatic heterocycles. The predicted molar refractivity (Wildman–Crippen MR) is 85.6 cm³/mol. The second-order valence-electron chi connectivity index (χ2n) is 6.91. The summed E-state index contributed by atoms with van der Waals surface area (Å²) in [7, 11) is 0. The highest BCUT2D eigenvalue weighted by Gasteiger charge is 2.46. The van der Waals surface area contributed by atoms with Crippen LogP contribution in [0.25, 0.3) is 0 Å². The maximum Gasteiger partial charge on any atom is 0.223 e. The van der Waals surface area contributed by atoms with Gasteiger partial charge < -0.3 is 10.6 Å². The first-order valence-corrected chi connectivity index (χ1v) is 8.12. The average Bonchev–Trinajstić information content (AvgIpc) is 3.21. The van der Waals surface area contributed by atoms with Crippen molar-refractivity contribution in [2.45, 2.75) is 56.1 Å². The van der Waals surface area contributed by atoms with Crippen LogP contribution in [0.4, 0.5) is 8.78 Å². The van der Waals surface area contributed by atoms with Crippen LogP contribution in [0.15, 0.2) is 18.2 Å². The molecule has 1 saturated carbocycles. The van der Waals surface area contributed by atoms with Gasteiger partial charge in [-0.15, -0.1) is 12.4 Å². The Bertz CT molecular complexity index is 600. The Kier molecular flexibility index (Phi) is 4.61. The van der Waals surface area contributed by atoms with Crippen LogP contribution in [0.1, 0.15) is 43.6 Å². The van der Waals surface area contributed by atoms with Crippen LogP contribution in [-0.4, -0.2) is 24.0 Å². The fourth-order valence-electron chi connectivity index (χ4n) is 4.12. The summed E-state index contributed by atoms with van der Waals surface area (Å²) < 4.78 is 27.1. The summed E-state index contributed by atoms with van der Waals surface area (Å²) in [5, 5.41) is 6.66. The SMILES string of the molecule is Cl.O=C(NC1CC2CCC(C1)N2)C1CC1c1cccc(F)c1F. The second-order valence-corrected chi connectivity index (χ2v) is 6.91. The summed E-state index contributed by atoms with van der Waals surface area (Å²) in [6.45, 7) is 0. The third-order valence-electron chi connectivity index (χ3n) is 5.33. The number of piperidine rings is 1. The molecule has 3 nitrogen and oxygen atoms in total. The number of hydrogen-bond acceptors (Lipinski definition) is 2. The highest BCUT2D eigenvalue weighted by Crippen LogP contribution is 2.48. The predicted octanol–water partition coefficient (Wildman–Crippen LogP) is 2.89. The van der Waals surface area contributed by atoms with Crippen LogP contribution in [0, 0.1) is 17.6 Å². The molecule has 0 radical (unpaired) electrons. The van der Waals surface area contributed by atoms with E-state index in [0.717, 1.165) is 18.9 Å². The third-order valence-corrected chi connectivity index (χ3v) is 5.33. The number of amides is 1. The van der Waals surface area contributed by atoms with Gasteiger partial charge in [0, 0.05) is 24.0 Å². The summed E-state index contributed by atoms with van der Waals surface area (Å²) >= 11 is 0. The zero-order valence-corrected chi connectivity index (χ0v) is 13.5. The van der Waals surface area contributed by atoms with Gasteiger partial charge in [0.15, 0.2) is 11.6 Å². The van der Waals surface area contributed by atoms with Gasteiger partial charge in [-0.3, -0.25) is 4.79 Å². The average molecular weight is 343 g/mol. The molecule has 3 aliphatic rings. The Labute approximate surface area is 140 Å². The molecule has 0 spiro atoms. The Morgan fingerprint density at radius 2 is 1.83 bits per heavy atom. The first kappa shape index (κ1) is 16.7. The first-order chi connectivity index (χ1) is 10.6. The molecule has 1 aromatic carbocycles. The molecule has 2 heterocycles. The van der Waals surface area contributed by atoms with E-state index in [1.54, 1.807) is 6.07 Å². The van der Waals surface area contributed by atoms with Gasteiger partial charge in [0.05, 0.1) is 0 Å². The molecule has 23 heavy (non-hydrogen) atoms. The first-order valence-electron chi connectivity index (χ1n) is 8.12. The molecule has 2 aliphatic heterocycles. The van der Waals surface area contributed by atoms with Crippen molar-refractivity contribution in [3.63, 3.8) is 0 Å². The van der Waals surface area contributed by atoms with Crippen molar-refractivity contribution in [3.8, 4) is 0 Å². The van der Waals surface area contributed by atoms with Crippen LogP contribution in [0.5, 0.6) is 0 Å². The Morgan fingerprint density at radius 3 is 2.52 bits per heavy atom. The van der Waals surface area contributed by atoms with Crippen LogP contribution in [0.2, 0.25) is 0 Å². The van der Waals surface area contributed by atoms with E-state index in [4.69, 9.17) is 0 Å². The van der Waals surface area contributed by atoms with Crippen molar-refractivity contribution < 1.29 is 13.6 Å². The van der Waals surface area contributed by atoms with E-state index in [-0.39, 0.29) is 36.2 Å². The maximum atomic E-state index is 13.8. The lowest BCUT2D eigenvalue weighted by atomic mass is 9.99. The minimum atomic E-state index is -0.835. The largest absolute Gasteiger partial charge is 0.353 e. The van der Waals surface area contributed by atoms with Gasteiger partial charge in [-0.1, -0.05) is 12.1 Å². The molecule has 2 saturated heterocycles. The monoisotopic (exact) mass is 342 g/mol. The number of hydrogen-bond donors (Lipinski definition) is 2. The molecule has 4 rings (SSSR count). The number of carbonyl (C=O) groups excluding carboxylic acids is 1. The van der Waals surface area contributed by atoms with Gasteiger partial charge >= 0.3 is 0 Å². The van der Waals surface area contributed by atoms with Gasteiger partial charge in [-0.25, -0.2) is 8.78 Å². The quantitative estimate of drug-likeness (QED) is 0.887. The summed E-state index contributed by atoms with van der Waals surface area (Å²) in [5.41, 5.74) is 0.338. The minimum Gasteiger partial charge on any atom is -0.353 e. The summed E-state index contributed by atoms with van der Waals surface area (Å²) in [5.74, 6) is -2.01. The molecule has 3 fully saturated rings. The van der Waals surface area contributed by atoms with Crippen LogP contribution in [0.3, 0.4) is 0 Å². The van der Waals surface area contributed by atoms with Gasteiger partial charge in [-0.2, -0.15) is 0 Å². The number of benzene rings is 1. The lowest BCUT2D eigenvalue weighted by Crippen LogP contribution is -2.48. The van der Waals surface area contributed by atoms with E-state index in [1.165, 1.54) is 18.9 Å². The van der Waals surface area contributed by atoms with E-state index in [1.807, 2.05) is 0 Å². The molecule has 2 N–H and O–H groups in total. The second kappa shape index (κ2) is 6.36. The number of carbonyl (C=O) groups is 1. The third kappa shape index (κ3) is 3.22. The van der Waals surface area contributed by atoms with Gasteiger partial charge in [0.1, 0.15) is 0 Å². The maximum absolute atomic E-state index is 13.8. The normalized spacial score (nSPS) is 34.6. The molecule has 4 atom stereocenters. The highest BCUT2D eigenvalue weighted by atomic mass is 35.5. The summed E-state index contributed by atoms with van der Waals surface area (Å²) in [6.07, 6.45) is 4.96. The molecule has 4 unspecified atom stereocenters. The number of rotatable bonds is 3. The number of fused-ring (bicyclic) bond motifs is 2. The molecular weight excluding hydrogens is 322 g/mol. The van der Waals surface area contributed by atoms with E-state index in [9.17, 15) is 13.6 Å². The van der Waals surface area contributed by atoms with Crippen molar-refractivity contribution in [2.24, 2.45) is 5.92 Å². The minimum absolute atomic E-state index is 0. The fourth-order valence-corrected chi connectivity index (χ4v) is 4.12. The van der Waals surface area contributed by atoms with Crippen molar-refractivity contribution in [2.75, 3.05) is 0 Å². The standard InChI is InChI=1S/C17H20F2N2O.ClH/c18-15-3-1-2-12(16(15)19)13-8-14(13)17(22)21-11-6-9-4-5-10(7-11)20-9;/h1-3,9-11,13-14,20H,4-8H2,(H,21,22);1H. The Hall–Kier alpha value is -1.20. The fraction of sp³-hybridized carbons (Fsp3) is 0.588. The van der Waals surface area contributed by atoms with Crippen LogP contribution < -0.4 is 10.6 Å². The van der Waals surface area contributed by atoms with E-state index in [2.05, 4.69) is 10.6 Å². The Balaban J connectivity index is 0.00000156. The topological polar surface area (TPSA) is 41.1 Å². The molecule has 2 bridgehead atoms. The zero-order valence-electron chi connectivity index (χ0n) is 12.7. The molecule has 126 valence electrons. The lowest BCUT2D eigenvalue weighted by Gasteiger charge is -2.29. The zero-order chi connectivity index (χ0) is 15.3. The molecule has 6 heteroatoms. The van der Waals surface area contributed by atoms with E-state index < -0.39 is 11.6 Å². The number of halogens is 3. The lowest BCUT2D eigenvalue weighted by molar-refractivity contribution is -0.123. The highest BCUT2D eigenvalue weighted by molar-refractivity contribution is 5.85. The van der Waals surface area contributed by atoms with Crippen molar-refractivity contribution in [1.29, 1.82) is 0 Å². The van der Waals surface area contributed by atoms with Crippen LogP contribution >= 0.6 is 12.4 Å². The Morgan fingerprint density at radius 1 is 1.13 bits per heavy atom. The van der Waals surface area contributed by atoms with Gasteiger partial charge in [0.2, 0.25) is 5.91 Å². The van der Waals surface area contributed by atoms with Crippen molar-refractivity contribution in [3.05, 3.63) is 35.4 Å². The van der Waals surface area contributed by atoms with Gasteiger partial charge in [-0.05, 0) is 49.7 Å². The van der Waals surface area contributed by atoms with E-state index in [0.29, 0.717) is 24.1 Å². The van der Waals surface area contributed by atoms with Gasteiger partial charge in [0.25, 0.3) is 0 Å². The molecule has 1 aromatic rings. The molecule has 1 aliphatic carbocycles. The van der Waals surface area contributed by atoms with Crippen molar-refractivity contribution in [1.82, 2.24) is 10.6 Å². The van der Waals surface area contributed by atoms with Crippen LogP contribution in [-0.2, 0) is 4.79 Å². The summed E-state index contributed by atoms with van der Waals surface area (Å²) in [4.78, 5) is 12.3. The number of nitrogens with one attached hydrogen (secondary N) is 2.